The number of nitrogens with zero attached hydrogens (tertiary/aromatic N) is 1. The highest BCUT2D eigenvalue weighted by atomic mass is 79.9. The highest BCUT2D eigenvalue weighted by Gasteiger charge is 2.27. The molecular weight excluding hydrogens is 290 g/mol. The Morgan fingerprint density at radius 3 is 3.00 bits per heavy atom. The van der Waals surface area contributed by atoms with Gasteiger partial charge in [0.1, 0.15) is 0 Å². The molecule has 1 aromatic rings. The van der Waals surface area contributed by atoms with Crippen LogP contribution >= 0.6 is 27.3 Å². The molecule has 1 aliphatic rings. The van der Waals surface area contributed by atoms with Gasteiger partial charge < -0.3 is 10.0 Å². The Balaban J connectivity index is 2.08. The van der Waals surface area contributed by atoms with E-state index in [1.807, 2.05) is 17.9 Å². The van der Waals surface area contributed by atoms with E-state index in [4.69, 9.17) is 5.11 Å². The van der Waals surface area contributed by atoms with E-state index in [0.717, 1.165) is 27.2 Å². The second-order valence-corrected chi connectivity index (χ2v) is 6.53. The molecule has 3 nitrogen and oxygen atoms in total. The highest BCUT2D eigenvalue weighted by Crippen LogP contribution is 2.29. The van der Waals surface area contributed by atoms with E-state index in [9.17, 15) is 4.79 Å². The SMILES string of the molecule is Cc1cc(C(=O)N2CCC(CO)C2)sc1Br. The summed E-state index contributed by atoms with van der Waals surface area (Å²) in [5.74, 6) is 0.350. The molecule has 0 radical (unpaired) electrons. The summed E-state index contributed by atoms with van der Waals surface area (Å²) in [6.07, 6.45) is 0.910. The molecule has 0 saturated carbocycles. The van der Waals surface area contributed by atoms with Crippen LogP contribution in [0.3, 0.4) is 0 Å². The van der Waals surface area contributed by atoms with E-state index in [1.165, 1.54) is 11.3 Å². The molecule has 1 atom stereocenters. The molecule has 0 spiro atoms. The molecule has 1 N–H and O–H groups in total. The molecule has 1 fully saturated rings. The Bertz CT molecular complexity index is 385. The number of halogens is 1. The maximum atomic E-state index is 12.1. The van der Waals surface area contributed by atoms with Crippen molar-refractivity contribution in [1.82, 2.24) is 4.90 Å². The zero-order chi connectivity index (χ0) is 11.7. The number of aliphatic hydroxyl groups is 1. The lowest BCUT2D eigenvalue weighted by molar-refractivity contribution is 0.0786. The summed E-state index contributed by atoms with van der Waals surface area (Å²) in [6.45, 7) is 3.61. The first kappa shape index (κ1) is 12.1. The minimum Gasteiger partial charge on any atom is -0.396 e. The van der Waals surface area contributed by atoms with E-state index in [-0.39, 0.29) is 18.4 Å². The molecule has 2 heterocycles. The number of thiophene rings is 1. The fourth-order valence-corrected chi connectivity index (χ4v) is 3.39. The van der Waals surface area contributed by atoms with Crippen molar-refractivity contribution in [2.45, 2.75) is 13.3 Å². The number of hydrogen-bond donors (Lipinski definition) is 1. The molecule has 5 heteroatoms. The van der Waals surface area contributed by atoms with Crippen molar-refractivity contribution in [2.75, 3.05) is 19.7 Å². The topological polar surface area (TPSA) is 40.5 Å². The number of aliphatic hydroxyl groups excluding tert-OH is 1. The van der Waals surface area contributed by atoms with Crippen LogP contribution in [-0.4, -0.2) is 35.6 Å². The van der Waals surface area contributed by atoms with Crippen LogP contribution in [0, 0.1) is 12.8 Å². The van der Waals surface area contributed by atoms with Gasteiger partial charge in [0, 0.05) is 25.6 Å². The van der Waals surface area contributed by atoms with Gasteiger partial charge in [0.2, 0.25) is 0 Å². The van der Waals surface area contributed by atoms with Gasteiger partial charge in [0.15, 0.2) is 0 Å². The van der Waals surface area contributed by atoms with Gasteiger partial charge in [-0.3, -0.25) is 4.79 Å². The van der Waals surface area contributed by atoms with Crippen LogP contribution in [-0.2, 0) is 0 Å². The van der Waals surface area contributed by atoms with Gasteiger partial charge in [-0.05, 0) is 40.9 Å². The van der Waals surface area contributed by atoms with Gasteiger partial charge >= 0.3 is 0 Å². The van der Waals surface area contributed by atoms with Gasteiger partial charge in [-0.25, -0.2) is 0 Å². The van der Waals surface area contributed by atoms with Gasteiger partial charge in [0.05, 0.1) is 8.66 Å². The average molecular weight is 304 g/mol. The first-order chi connectivity index (χ1) is 7.61. The quantitative estimate of drug-likeness (QED) is 0.910. The van der Waals surface area contributed by atoms with Gasteiger partial charge in [-0.2, -0.15) is 0 Å². The van der Waals surface area contributed by atoms with Crippen molar-refractivity contribution < 1.29 is 9.90 Å². The minimum atomic E-state index is 0.0924. The van der Waals surface area contributed by atoms with Crippen molar-refractivity contribution >= 4 is 33.2 Å². The number of likely N-dealkylation sites (tertiary alicyclic amines) is 1. The standard InChI is InChI=1S/C11H14BrNO2S/c1-7-4-9(16-10(7)12)11(15)13-3-2-8(5-13)6-14/h4,8,14H,2-3,5-6H2,1H3. The van der Waals surface area contributed by atoms with Crippen LogP contribution in [0.4, 0.5) is 0 Å². The van der Waals surface area contributed by atoms with Crippen molar-refractivity contribution in [3.63, 3.8) is 0 Å². The van der Waals surface area contributed by atoms with Gasteiger partial charge in [-0.1, -0.05) is 0 Å². The van der Waals surface area contributed by atoms with Crippen LogP contribution in [0.15, 0.2) is 9.85 Å². The summed E-state index contributed by atoms with van der Waals surface area (Å²) in [5, 5.41) is 9.04. The second-order valence-electron chi connectivity index (χ2n) is 4.16. The number of hydrogen-bond acceptors (Lipinski definition) is 3. The third-order valence-corrected chi connectivity index (χ3v) is 5.02. The average Bonchev–Trinajstić information content (AvgIpc) is 2.86. The third-order valence-electron chi connectivity index (χ3n) is 2.90. The molecule has 1 amide bonds. The smallest absolute Gasteiger partial charge is 0.263 e. The molecule has 1 saturated heterocycles. The molecule has 16 heavy (non-hydrogen) atoms. The van der Waals surface area contributed by atoms with Gasteiger partial charge in [0.25, 0.3) is 5.91 Å². The van der Waals surface area contributed by atoms with Crippen LogP contribution in [0.1, 0.15) is 21.7 Å². The van der Waals surface area contributed by atoms with E-state index >= 15 is 0 Å². The molecule has 1 unspecified atom stereocenters. The maximum Gasteiger partial charge on any atom is 0.263 e. The second kappa shape index (κ2) is 4.85. The molecule has 0 bridgehead atoms. The largest absolute Gasteiger partial charge is 0.396 e. The Hall–Kier alpha value is -0.390. The number of amides is 1. The lowest BCUT2D eigenvalue weighted by atomic mass is 10.1. The van der Waals surface area contributed by atoms with Crippen LogP contribution in [0.25, 0.3) is 0 Å². The predicted octanol–water partition coefficient (Wildman–Crippen LogP) is 2.27. The fourth-order valence-electron chi connectivity index (χ4n) is 1.89. The van der Waals surface area contributed by atoms with E-state index in [1.54, 1.807) is 0 Å². The molecule has 0 aliphatic carbocycles. The van der Waals surface area contributed by atoms with Crippen LogP contribution in [0.5, 0.6) is 0 Å². The van der Waals surface area contributed by atoms with Crippen molar-refractivity contribution in [1.29, 1.82) is 0 Å². The molecule has 88 valence electrons. The Kier molecular flexibility index (Phi) is 3.66. The summed E-state index contributed by atoms with van der Waals surface area (Å²) in [5.41, 5.74) is 1.10. The lowest BCUT2D eigenvalue weighted by Crippen LogP contribution is -2.28. The van der Waals surface area contributed by atoms with E-state index in [0.29, 0.717) is 6.54 Å². The predicted molar refractivity (Wildman–Crippen MR) is 67.9 cm³/mol. The molecule has 0 aromatic carbocycles. The first-order valence-electron chi connectivity index (χ1n) is 5.28. The lowest BCUT2D eigenvalue weighted by Gasteiger charge is -2.14. The van der Waals surface area contributed by atoms with Crippen molar-refractivity contribution in [3.8, 4) is 0 Å². The van der Waals surface area contributed by atoms with Crippen molar-refractivity contribution in [3.05, 3.63) is 20.3 Å². The summed E-state index contributed by atoms with van der Waals surface area (Å²) in [4.78, 5) is 14.7. The third kappa shape index (κ3) is 2.31. The Morgan fingerprint density at radius 1 is 1.75 bits per heavy atom. The molecule has 2 rings (SSSR count). The Morgan fingerprint density at radius 2 is 2.50 bits per heavy atom. The van der Waals surface area contributed by atoms with E-state index in [2.05, 4.69) is 15.9 Å². The summed E-state index contributed by atoms with van der Waals surface area (Å²) < 4.78 is 1.02. The zero-order valence-electron chi connectivity index (χ0n) is 9.07. The molecule has 1 aliphatic heterocycles. The zero-order valence-corrected chi connectivity index (χ0v) is 11.5. The summed E-state index contributed by atoms with van der Waals surface area (Å²) in [7, 11) is 0. The summed E-state index contributed by atoms with van der Waals surface area (Å²) in [6, 6.07) is 1.92. The number of carbonyl (C=O) groups is 1. The highest BCUT2D eigenvalue weighted by molar-refractivity contribution is 9.11. The van der Waals surface area contributed by atoms with Gasteiger partial charge in [-0.15, -0.1) is 11.3 Å². The number of carbonyl (C=O) groups excluding carboxylic acids is 1. The number of rotatable bonds is 2. The summed E-state index contributed by atoms with van der Waals surface area (Å²) >= 11 is 4.91. The van der Waals surface area contributed by atoms with E-state index < -0.39 is 0 Å². The first-order valence-corrected chi connectivity index (χ1v) is 6.89. The molecule has 1 aromatic heterocycles. The van der Waals surface area contributed by atoms with Crippen LogP contribution in [0.2, 0.25) is 0 Å². The Labute approximate surface area is 107 Å². The monoisotopic (exact) mass is 303 g/mol. The van der Waals surface area contributed by atoms with Crippen LogP contribution < -0.4 is 0 Å². The minimum absolute atomic E-state index is 0.0924. The molecular formula is C11H14BrNO2S. The normalized spacial score (nSPS) is 20.4. The maximum absolute atomic E-state index is 12.1. The van der Waals surface area contributed by atoms with Crippen molar-refractivity contribution in [2.24, 2.45) is 5.92 Å². The number of aryl methyl sites for hydroxylation is 1. The fraction of sp³-hybridized carbons (Fsp3) is 0.545.